The van der Waals surface area contributed by atoms with Gasteiger partial charge in [-0.25, -0.2) is 9.59 Å². The van der Waals surface area contributed by atoms with Crippen molar-refractivity contribution in [3.8, 4) is 11.5 Å². The minimum Gasteiger partial charge on any atom is -0.490 e. The molecule has 0 unspecified atom stereocenters. The second-order valence-corrected chi connectivity index (χ2v) is 9.15. The molecular weight excluding hydrogens is 488 g/mol. The van der Waals surface area contributed by atoms with Gasteiger partial charge in [0.15, 0.2) is 11.5 Å². The number of nitrogens with zero attached hydrogens (tertiary/aromatic N) is 1. The van der Waals surface area contributed by atoms with Crippen molar-refractivity contribution >= 4 is 29.9 Å². The number of rotatable bonds is 10. The van der Waals surface area contributed by atoms with Gasteiger partial charge in [0.2, 0.25) is 0 Å². The molecule has 0 spiro atoms. The monoisotopic (exact) mass is 518 g/mol. The van der Waals surface area contributed by atoms with E-state index in [1.165, 1.54) is 23.1 Å². The lowest BCUT2D eigenvalue weighted by Crippen LogP contribution is -2.57. The molecule has 2 aromatic carbocycles. The zero-order valence-electron chi connectivity index (χ0n) is 21.2. The van der Waals surface area contributed by atoms with Crippen molar-refractivity contribution in [1.82, 2.24) is 10.2 Å². The van der Waals surface area contributed by atoms with Crippen molar-refractivity contribution in [2.24, 2.45) is 0 Å². The van der Waals surface area contributed by atoms with Crippen LogP contribution in [0.2, 0.25) is 0 Å². The predicted molar refractivity (Wildman–Crippen MR) is 140 cm³/mol. The van der Waals surface area contributed by atoms with E-state index in [0.29, 0.717) is 30.1 Å². The smallest absolute Gasteiger partial charge is 0.335 e. The lowest BCUT2D eigenvalue weighted by molar-refractivity contribution is -0.131. The number of carboxylic acids is 1. The first-order valence-electron chi connectivity index (χ1n) is 12.6. The summed E-state index contributed by atoms with van der Waals surface area (Å²) in [5.41, 5.74) is 2.11. The van der Waals surface area contributed by atoms with Gasteiger partial charge in [-0.15, -0.1) is 6.58 Å². The van der Waals surface area contributed by atoms with Gasteiger partial charge in [0, 0.05) is 11.6 Å². The van der Waals surface area contributed by atoms with Crippen LogP contribution >= 0.6 is 0 Å². The summed E-state index contributed by atoms with van der Waals surface area (Å²) in [5.74, 6) is -1.43. The molecule has 38 heavy (non-hydrogen) atoms. The Kier molecular flexibility index (Phi) is 8.25. The number of carboxylic acid groups (broad SMARTS) is 1. The number of hydrogen-bond acceptors (Lipinski definition) is 6. The van der Waals surface area contributed by atoms with Gasteiger partial charge >= 0.3 is 12.0 Å². The van der Waals surface area contributed by atoms with E-state index >= 15 is 0 Å². The van der Waals surface area contributed by atoms with Crippen LogP contribution in [0.4, 0.5) is 4.79 Å². The number of benzene rings is 2. The van der Waals surface area contributed by atoms with Crippen molar-refractivity contribution in [2.75, 3.05) is 6.61 Å². The number of nitrogens with one attached hydrogen (secondary N) is 1. The molecule has 0 bridgehead atoms. The highest BCUT2D eigenvalue weighted by molar-refractivity contribution is 6.31. The van der Waals surface area contributed by atoms with Gasteiger partial charge in [-0.3, -0.25) is 19.8 Å². The Morgan fingerprint density at radius 3 is 2.47 bits per heavy atom. The van der Waals surface area contributed by atoms with E-state index in [1.807, 2.05) is 6.92 Å². The number of hydrogen-bond donors (Lipinski definition) is 2. The highest BCUT2D eigenvalue weighted by atomic mass is 16.5. The topological polar surface area (TPSA) is 122 Å². The van der Waals surface area contributed by atoms with Crippen molar-refractivity contribution in [1.29, 1.82) is 0 Å². The first-order valence-corrected chi connectivity index (χ1v) is 12.6. The van der Waals surface area contributed by atoms with E-state index in [4.69, 9.17) is 14.6 Å². The summed E-state index contributed by atoms with van der Waals surface area (Å²) in [6, 6.07) is 8.97. The summed E-state index contributed by atoms with van der Waals surface area (Å²) >= 11 is 0. The van der Waals surface area contributed by atoms with Crippen LogP contribution in [0.15, 0.2) is 54.6 Å². The molecule has 1 aliphatic carbocycles. The number of carbonyl (C=O) groups excluding carboxylic acids is 3. The maximum absolute atomic E-state index is 13.2. The van der Waals surface area contributed by atoms with Gasteiger partial charge in [-0.05, 0) is 67.7 Å². The van der Waals surface area contributed by atoms with Crippen LogP contribution in [-0.2, 0) is 22.6 Å². The van der Waals surface area contributed by atoms with E-state index < -0.39 is 23.8 Å². The minimum absolute atomic E-state index is 0.115. The fraction of sp³-hybridized carbons (Fsp3) is 0.310. The van der Waals surface area contributed by atoms with Crippen LogP contribution in [0.3, 0.4) is 0 Å². The third kappa shape index (κ3) is 5.77. The number of urea groups is 1. The summed E-state index contributed by atoms with van der Waals surface area (Å²) in [6.45, 7) is 6.17. The van der Waals surface area contributed by atoms with Crippen LogP contribution in [0.5, 0.6) is 11.5 Å². The van der Waals surface area contributed by atoms with E-state index in [-0.39, 0.29) is 23.8 Å². The molecule has 1 saturated carbocycles. The Balaban J connectivity index is 1.66. The number of imide groups is 2. The lowest BCUT2D eigenvalue weighted by Gasteiger charge is -2.31. The van der Waals surface area contributed by atoms with Gasteiger partial charge in [-0.1, -0.05) is 31.1 Å². The first-order chi connectivity index (χ1) is 18.3. The highest BCUT2D eigenvalue weighted by Crippen LogP contribution is 2.36. The number of barbiturate groups is 1. The molecule has 198 valence electrons. The Morgan fingerprint density at radius 1 is 1.13 bits per heavy atom. The highest BCUT2D eigenvalue weighted by Gasteiger charge is 2.40. The maximum atomic E-state index is 13.2. The zero-order valence-corrected chi connectivity index (χ0v) is 21.2. The predicted octanol–water partition coefficient (Wildman–Crippen LogP) is 4.50. The van der Waals surface area contributed by atoms with Crippen molar-refractivity contribution in [3.63, 3.8) is 0 Å². The number of amides is 4. The number of aromatic carboxylic acids is 1. The molecule has 0 atom stereocenters. The number of allylic oxidation sites excluding steroid dienone is 1. The Hall–Kier alpha value is -4.40. The molecule has 2 N–H and O–H groups in total. The Morgan fingerprint density at radius 2 is 1.84 bits per heavy atom. The third-order valence-corrected chi connectivity index (χ3v) is 6.54. The minimum atomic E-state index is -1.00. The standard InChI is InChI=1S/C29H30N2O7/c1-3-7-21-14-19(15-23-26(32)30-29(36)31(27(23)33)22-8-5-6-9-22)16-24(37-4-2)25(21)38-17-18-10-12-20(13-11-18)28(34)35/h3,10-16,22H,1,4-9,17H2,2H3,(H,34,35)(H,30,32,36)/b23-15+. The van der Waals surface area contributed by atoms with Crippen molar-refractivity contribution < 1.29 is 33.8 Å². The van der Waals surface area contributed by atoms with Crippen LogP contribution < -0.4 is 14.8 Å². The van der Waals surface area contributed by atoms with Crippen LogP contribution in [0, 0.1) is 0 Å². The average molecular weight is 519 g/mol. The Labute approximate surface area is 220 Å². The van der Waals surface area contributed by atoms with Crippen LogP contribution in [0.1, 0.15) is 59.7 Å². The van der Waals surface area contributed by atoms with Gasteiger partial charge in [0.25, 0.3) is 11.8 Å². The van der Waals surface area contributed by atoms with Crippen LogP contribution in [0.25, 0.3) is 6.08 Å². The van der Waals surface area contributed by atoms with E-state index in [2.05, 4.69) is 11.9 Å². The molecule has 1 heterocycles. The molecule has 0 aromatic heterocycles. The number of ether oxygens (including phenoxy) is 2. The lowest BCUT2D eigenvalue weighted by atomic mass is 10.0. The molecule has 2 fully saturated rings. The first kappa shape index (κ1) is 26.7. The molecule has 0 radical (unpaired) electrons. The molecule has 9 nitrogen and oxygen atoms in total. The van der Waals surface area contributed by atoms with Crippen molar-refractivity contribution in [2.45, 2.75) is 51.7 Å². The second kappa shape index (κ2) is 11.8. The third-order valence-electron chi connectivity index (χ3n) is 6.54. The van der Waals surface area contributed by atoms with Gasteiger partial charge in [0.1, 0.15) is 12.2 Å². The quantitative estimate of drug-likeness (QED) is 0.270. The summed E-state index contributed by atoms with van der Waals surface area (Å²) < 4.78 is 12.0. The summed E-state index contributed by atoms with van der Waals surface area (Å²) in [7, 11) is 0. The maximum Gasteiger partial charge on any atom is 0.335 e. The largest absolute Gasteiger partial charge is 0.490 e. The average Bonchev–Trinajstić information content (AvgIpc) is 3.41. The fourth-order valence-corrected chi connectivity index (χ4v) is 4.73. The molecule has 4 amide bonds. The van der Waals surface area contributed by atoms with E-state index in [1.54, 1.807) is 30.3 Å². The molecule has 9 heteroatoms. The zero-order chi connectivity index (χ0) is 27.2. The van der Waals surface area contributed by atoms with Crippen LogP contribution in [-0.4, -0.2) is 46.5 Å². The van der Waals surface area contributed by atoms with Gasteiger partial charge < -0.3 is 14.6 Å². The summed E-state index contributed by atoms with van der Waals surface area (Å²) in [6.07, 6.45) is 6.92. The van der Waals surface area contributed by atoms with Gasteiger partial charge in [-0.2, -0.15) is 0 Å². The second-order valence-electron chi connectivity index (χ2n) is 9.15. The molecule has 1 aliphatic heterocycles. The molecule has 2 aromatic rings. The number of carbonyl (C=O) groups is 4. The van der Waals surface area contributed by atoms with E-state index in [9.17, 15) is 19.2 Å². The Bertz CT molecular complexity index is 1290. The summed E-state index contributed by atoms with van der Waals surface area (Å²) in [4.78, 5) is 50.6. The molecular formula is C29H30N2O7. The molecule has 4 rings (SSSR count). The fourth-order valence-electron chi connectivity index (χ4n) is 4.73. The van der Waals surface area contributed by atoms with E-state index in [0.717, 1.165) is 36.8 Å². The van der Waals surface area contributed by atoms with Gasteiger partial charge in [0.05, 0.1) is 12.2 Å². The normalized spacial score (nSPS) is 17.0. The molecule has 1 saturated heterocycles. The molecule has 2 aliphatic rings. The van der Waals surface area contributed by atoms with Crippen molar-refractivity contribution in [3.05, 3.63) is 76.9 Å². The SMILES string of the molecule is C=CCc1cc(/C=C2\C(=O)NC(=O)N(C3CCCC3)C2=O)cc(OCC)c1OCc1ccc(C(=O)O)cc1. The summed E-state index contributed by atoms with van der Waals surface area (Å²) in [5, 5.41) is 11.4.